The lowest BCUT2D eigenvalue weighted by Crippen LogP contribution is -2.11. The van der Waals surface area contributed by atoms with Gasteiger partial charge in [-0.05, 0) is 23.8 Å². The Hall–Kier alpha value is -1.92. The lowest BCUT2D eigenvalue weighted by atomic mass is 10.1. The molecule has 21 heavy (non-hydrogen) atoms. The van der Waals surface area contributed by atoms with Crippen molar-refractivity contribution in [3.05, 3.63) is 51.3 Å². The predicted molar refractivity (Wildman–Crippen MR) is 86.2 cm³/mol. The van der Waals surface area contributed by atoms with E-state index >= 15 is 0 Å². The molecule has 3 rings (SSSR count). The minimum atomic E-state index is -0.535. The summed E-state index contributed by atoms with van der Waals surface area (Å²) in [5.41, 5.74) is 0.887. The quantitative estimate of drug-likeness (QED) is 0.879. The first kappa shape index (κ1) is 14.0. The highest BCUT2D eigenvalue weighted by Crippen LogP contribution is 2.41. The second-order valence-corrected chi connectivity index (χ2v) is 6.43. The SMILES string of the molecule is COc1cccc(/C=C2\SC(=N)[C@@H](c3nccs3)C2=O)c1. The fourth-order valence-corrected chi connectivity index (χ4v) is 3.88. The number of ketones is 1. The molecule has 1 atom stereocenters. The molecule has 1 fully saturated rings. The maximum absolute atomic E-state index is 12.5. The Kier molecular flexibility index (Phi) is 3.90. The highest BCUT2D eigenvalue weighted by molar-refractivity contribution is 8.19. The van der Waals surface area contributed by atoms with Gasteiger partial charge in [0.15, 0.2) is 5.78 Å². The van der Waals surface area contributed by atoms with Crippen molar-refractivity contribution in [2.24, 2.45) is 0 Å². The third-order valence-corrected chi connectivity index (χ3v) is 4.91. The van der Waals surface area contributed by atoms with Crippen LogP contribution in [0.1, 0.15) is 16.5 Å². The number of aromatic nitrogens is 1. The highest BCUT2D eigenvalue weighted by Gasteiger charge is 2.38. The van der Waals surface area contributed by atoms with Crippen LogP contribution < -0.4 is 4.74 Å². The Balaban J connectivity index is 1.91. The van der Waals surface area contributed by atoms with E-state index in [1.165, 1.54) is 23.1 Å². The first-order chi connectivity index (χ1) is 10.2. The average molecular weight is 316 g/mol. The molecule has 0 radical (unpaired) electrons. The van der Waals surface area contributed by atoms with Crippen molar-refractivity contribution in [2.75, 3.05) is 7.11 Å². The predicted octanol–water partition coefficient (Wildman–Crippen LogP) is 3.57. The number of carbonyl (C=O) groups is 1. The van der Waals surface area contributed by atoms with E-state index < -0.39 is 5.92 Å². The van der Waals surface area contributed by atoms with Crippen LogP contribution in [0.3, 0.4) is 0 Å². The van der Waals surface area contributed by atoms with E-state index in [4.69, 9.17) is 10.1 Å². The van der Waals surface area contributed by atoms with Gasteiger partial charge in [-0.3, -0.25) is 10.2 Å². The van der Waals surface area contributed by atoms with E-state index in [1.54, 1.807) is 19.4 Å². The van der Waals surface area contributed by atoms with Gasteiger partial charge in [0.25, 0.3) is 0 Å². The number of ether oxygens (including phenoxy) is 1. The summed E-state index contributed by atoms with van der Waals surface area (Å²) in [7, 11) is 1.61. The van der Waals surface area contributed by atoms with Gasteiger partial charge in [-0.15, -0.1) is 11.3 Å². The van der Waals surface area contributed by atoms with Crippen LogP contribution in [0.2, 0.25) is 0 Å². The van der Waals surface area contributed by atoms with E-state index in [1.807, 2.05) is 29.6 Å². The molecule has 2 aromatic rings. The van der Waals surface area contributed by atoms with Crippen LogP contribution in [0.25, 0.3) is 6.08 Å². The van der Waals surface area contributed by atoms with E-state index in [2.05, 4.69) is 4.98 Å². The molecular weight excluding hydrogens is 304 g/mol. The van der Waals surface area contributed by atoms with Crippen LogP contribution in [0, 0.1) is 5.41 Å². The number of rotatable bonds is 3. The number of nitrogens with one attached hydrogen (secondary N) is 1. The van der Waals surface area contributed by atoms with Crippen molar-refractivity contribution in [3.63, 3.8) is 0 Å². The van der Waals surface area contributed by atoms with Crippen LogP contribution in [-0.2, 0) is 4.79 Å². The van der Waals surface area contributed by atoms with Crippen LogP contribution in [0.5, 0.6) is 5.75 Å². The summed E-state index contributed by atoms with van der Waals surface area (Å²) >= 11 is 2.62. The molecule has 6 heteroatoms. The maximum Gasteiger partial charge on any atom is 0.186 e. The zero-order valence-corrected chi connectivity index (χ0v) is 12.8. The number of Topliss-reactive ketones (excluding diaryl/α,β-unsaturated/α-hetero) is 1. The Labute approximate surface area is 130 Å². The summed E-state index contributed by atoms with van der Waals surface area (Å²) in [6.45, 7) is 0. The Bertz CT molecular complexity index is 723. The summed E-state index contributed by atoms with van der Waals surface area (Å²) in [6.07, 6.45) is 3.46. The Morgan fingerprint density at radius 3 is 3.00 bits per heavy atom. The first-order valence-corrected chi connectivity index (χ1v) is 7.94. The number of thiazole rings is 1. The number of allylic oxidation sites excluding steroid dienone is 1. The van der Waals surface area contributed by atoms with Crippen LogP contribution in [-0.4, -0.2) is 22.9 Å². The number of thioether (sulfide) groups is 1. The summed E-state index contributed by atoms with van der Waals surface area (Å²) < 4.78 is 5.18. The first-order valence-electron chi connectivity index (χ1n) is 6.24. The number of hydrogen-bond donors (Lipinski definition) is 1. The number of benzene rings is 1. The smallest absolute Gasteiger partial charge is 0.186 e. The van der Waals surface area contributed by atoms with Gasteiger partial charge in [-0.2, -0.15) is 0 Å². The number of carbonyl (C=O) groups excluding carboxylic acids is 1. The lowest BCUT2D eigenvalue weighted by molar-refractivity contribution is -0.114. The molecular formula is C15H12N2O2S2. The molecule has 1 aliphatic rings. The molecule has 0 aliphatic carbocycles. The molecule has 0 spiro atoms. The van der Waals surface area contributed by atoms with Gasteiger partial charge in [0.2, 0.25) is 0 Å². The van der Waals surface area contributed by atoms with Gasteiger partial charge in [0, 0.05) is 11.6 Å². The zero-order valence-electron chi connectivity index (χ0n) is 11.2. The van der Waals surface area contributed by atoms with Crippen LogP contribution in [0.15, 0.2) is 40.7 Å². The van der Waals surface area contributed by atoms with Crippen molar-refractivity contribution >= 4 is 40.0 Å². The second-order valence-electron chi connectivity index (χ2n) is 4.42. The highest BCUT2D eigenvalue weighted by atomic mass is 32.2. The third kappa shape index (κ3) is 2.77. The van der Waals surface area contributed by atoms with Gasteiger partial charge < -0.3 is 4.74 Å². The molecule has 106 valence electrons. The normalized spacial score (nSPS) is 20.2. The molecule has 1 aromatic heterocycles. The zero-order chi connectivity index (χ0) is 14.8. The summed E-state index contributed by atoms with van der Waals surface area (Å²) in [5.74, 6) is 0.154. The summed E-state index contributed by atoms with van der Waals surface area (Å²) in [5, 5.41) is 10.9. The maximum atomic E-state index is 12.5. The molecule has 1 aliphatic heterocycles. The molecule has 0 saturated carbocycles. The molecule has 2 heterocycles. The molecule has 0 bridgehead atoms. The molecule has 0 amide bonds. The molecule has 1 N–H and O–H groups in total. The van der Waals surface area contributed by atoms with Gasteiger partial charge in [-0.1, -0.05) is 23.9 Å². The molecule has 1 aromatic carbocycles. The molecule has 0 unspecified atom stereocenters. The fraction of sp³-hybridized carbons (Fsp3) is 0.133. The standard InChI is InChI=1S/C15H12N2O2S2/c1-19-10-4-2-3-9(7-10)8-11-13(18)12(14(16)21-11)15-17-5-6-20-15/h2-8,12,16H,1H3/b11-8-,16-14?/t12-/m0/s1. The van der Waals surface area contributed by atoms with E-state index in [0.29, 0.717) is 15.0 Å². The van der Waals surface area contributed by atoms with Crippen LogP contribution >= 0.6 is 23.1 Å². The van der Waals surface area contributed by atoms with Crippen molar-refractivity contribution in [3.8, 4) is 5.75 Å². The topological polar surface area (TPSA) is 63.0 Å². The van der Waals surface area contributed by atoms with Gasteiger partial charge in [-0.25, -0.2) is 4.98 Å². The minimum absolute atomic E-state index is 0.0530. The minimum Gasteiger partial charge on any atom is -0.497 e. The summed E-state index contributed by atoms with van der Waals surface area (Å²) in [4.78, 5) is 17.2. The largest absolute Gasteiger partial charge is 0.497 e. The second kappa shape index (κ2) is 5.83. The monoisotopic (exact) mass is 316 g/mol. The number of nitrogens with zero attached hydrogens (tertiary/aromatic N) is 1. The molecule has 4 nitrogen and oxygen atoms in total. The Morgan fingerprint density at radius 1 is 1.43 bits per heavy atom. The van der Waals surface area contributed by atoms with Crippen molar-refractivity contribution < 1.29 is 9.53 Å². The van der Waals surface area contributed by atoms with Crippen LogP contribution in [0.4, 0.5) is 0 Å². The van der Waals surface area contributed by atoms with E-state index in [0.717, 1.165) is 11.3 Å². The van der Waals surface area contributed by atoms with Gasteiger partial charge in [0.1, 0.15) is 16.7 Å². The fourth-order valence-electron chi connectivity index (χ4n) is 2.07. The average Bonchev–Trinajstić information content (AvgIpc) is 3.08. The van der Waals surface area contributed by atoms with Crippen molar-refractivity contribution in [1.82, 2.24) is 4.98 Å². The summed E-state index contributed by atoms with van der Waals surface area (Å²) in [6, 6.07) is 7.50. The Morgan fingerprint density at radius 2 is 2.29 bits per heavy atom. The van der Waals surface area contributed by atoms with E-state index in [9.17, 15) is 4.79 Å². The number of methoxy groups -OCH3 is 1. The lowest BCUT2D eigenvalue weighted by Gasteiger charge is -2.02. The van der Waals surface area contributed by atoms with Crippen molar-refractivity contribution in [1.29, 1.82) is 5.41 Å². The van der Waals surface area contributed by atoms with Crippen molar-refractivity contribution in [2.45, 2.75) is 5.92 Å². The molecule has 1 saturated heterocycles. The van der Waals surface area contributed by atoms with E-state index in [-0.39, 0.29) is 5.78 Å². The van der Waals surface area contributed by atoms with Gasteiger partial charge in [0.05, 0.1) is 17.1 Å². The number of hydrogen-bond acceptors (Lipinski definition) is 6. The van der Waals surface area contributed by atoms with Gasteiger partial charge >= 0.3 is 0 Å². The third-order valence-electron chi connectivity index (χ3n) is 3.08.